The molecule has 2 aromatic carbocycles. The molecule has 0 bridgehead atoms. The van der Waals surface area contributed by atoms with Gasteiger partial charge in [0.05, 0.1) is 25.0 Å². The fourth-order valence-electron chi connectivity index (χ4n) is 6.01. The van der Waals surface area contributed by atoms with E-state index >= 15 is 0 Å². The Morgan fingerprint density at radius 2 is 1.80 bits per heavy atom. The second-order valence-electron chi connectivity index (χ2n) is 13.1. The maximum atomic E-state index is 13.3. The Labute approximate surface area is 267 Å². The Morgan fingerprint density at radius 3 is 2.47 bits per heavy atom. The van der Waals surface area contributed by atoms with Gasteiger partial charge in [0.2, 0.25) is 16.8 Å². The summed E-state index contributed by atoms with van der Waals surface area (Å²) in [5, 5.41) is 5.90. The first-order chi connectivity index (χ1) is 21.4. The van der Waals surface area contributed by atoms with Crippen LogP contribution in [0.4, 0.5) is 16.2 Å². The van der Waals surface area contributed by atoms with Crippen LogP contribution in [0.2, 0.25) is 0 Å². The third-order valence-corrected chi connectivity index (χ3v) is 9.14. The number of urea groups is 1. The Kier molecular flexibility index (Phi) is 9.93. The molecule has 244 valence electrons. The summed E-state index contributed by atoms with van der Waals surface area (Å²) in [4.78, 5) is 30.0. The van der Waals surface area contributed by atoms with Crippen LogP contribution in [-0.4, -0.2) is 76.6 Å². The van der Waals surface area contributed by atoms with Crippen LogP contribution >= 0.6 is 0 Å². The van der Waals surface area contributed by atoms with Crippen molar-refractivity contribution in [2.45, 2.75) is 58.3 Å². The van der Waals surface area contributed by atoms with Gasteiger partial charge in [0.25, 0.3) is 0 Å². The van der Waals surface area contributed by atoms with Crippen LogP contribution in [0, 0.1) is 5.92 Å². The molecule has 2 fully saturated rings. The number of thiol groups is 1. The molecule has 0 atom stereocenters. The molecule has 1 saturated heterocycles. The Hall–Kier alpha value is -3.77. The molecule has 2 aromatic rings. The fraction of sp³-hybridized carbons (Fsp3) is 0.515. The maximum Gasteiger partial charge on any atom is 0.323 e. The Morgan fingerprint density at radius 1 is 1.07 bits per heavy atom. The first-order valence-corrected chi connectivity index (χ1v) is 16.8. The minimum absolute atomic E-state index is 0.147. The molecule has 5 rings (SSSR count). The number of carbonyl (C=O) groups excluding carboxylic acids is 2. The lowest BCUT2D eigenvalue weighted by atomic mass is 9.85. The molecule has 1 heterocycles. The van der Waals surface area contributed by atoms with Crippen LogP contribution in [0.3, 0.4) is 0 Å². The van der Waals surface area contributed by atoms with Crippen molar-refractivity contribution >= 4 is 39.9 Å². The van der Waals surface area contributed by atoms with E-state index in [0.29, 0.717) is 48.3 Å². The molecule has 1 aliphatic heterocycles. The molecule has 3 amide bonds. The predicted octanol–water partition coefficient (Wildman–Crippen LogP) is 4.15. The van der Waals surface area contributed by atoms with E-state index in [1.54, 1.807) is 0 Å². The summed E-state index contributed by atoms with van der Waals surface area (Å²) in [5.74, 6) is 2.03. The molecule has 0 unspecified atom stereocenters. The third-order valence-electron chi connectivity index (χ3n) is 8.69. The minimum Gasteiger partial charge on any atom is -0.494 e. The van der Waals surface area contributed by atoms with E-state index in [2.05, 4.69) is 26.8 Å². The lowest BCUT2D eigenvalue weighted by Crippen LogP contribution is -2.51. The predicted molar refractivity (Wildman–Crippen MR) is 177 cm³/mol. The van der Waals surface area contributed by atoms with E-state index in [-0.39, 0.29) is 17.0 Å². The van der Waals surface area contributed by atoms with Crippen LogP contribution in [-0.2, 0) is 33.9 Å². The molecular weight excluding hydrogens is 594 g/mol. The average Bonchev–Trinajstić information content (AvgIpc) is 3.65. The number of nitrogens with zero attached hydrogens (tertiary/aromatic N) is 2. The average molecular weight is 640 g/mol. The summed E-state index contributed by atoms with van der Waals surface area (Å²) in [7, 11) is -1.47. The van der Waals surface area contributed by atoms with Crippen molar-refractivity contribution in [2.24, 2.45) is 5.92 Å². The minimum atomic E-state index is -2.93. The molecule has 3 aliphatic rings. The fourth-order valence-corrected chi connectivity index (χ4v) is 6.35. The molecule has 11 nitrogen and oxygen atoms in total. The van der Waals surface area contributed by atoms with Gasteiger partial charge in [-0.15, -0.1) is 0 Å². The summed E-state index contributed by atoms with van der Waals surface area (Å²) < 4.78 is 36.9. The summed E-state index contributed by atoms with van der Waals surface area (Å²) >= 11 is 0. The molecule has 3 N–H and O–H groups in total. The topological polar surface area (TPSA) is 129 Å². The Balaban J connectivity index is 1.24. The number of rotatable bonds is 12. The van der Waals surface area contributed by atoms with Gasteiger partial charge in [-0.2, -0.15) is 0 Å². The number of hydrogen-bond donors (Lipinski definition) is 4. The highest BCUT2D eigenvalue weighted by molar-refractivity contribution is 7.70. The number of nitrogens with one attached hydrogen (secondary N) is 3. The number of piperazine rings is 1. The van der Waals surface area contributed by atoms with E-state index in [1.807, 2.05) is 49.9 Å². The molecule has 2 aliphatic carbocycles. The van der Waals surface area contributed by atoms with Crippen LogP contribution in [0.25, 0.3) is 5.70 Å². The van der Waals surface area contributed by atoms with Gasteiger partial charge < -0.3 is 25.0 Å². The molecule has 0 spiro atoms. The number of benzene rings is 2. The number of ether oxygens (including phenoxy) is 2. The van der Waals surface area contributed by atoms with Gasteiger partial charge in [-0.25, -0.2) is 13.2 Å². The lowest BCUT2D eigenvalue weighted by Gasteiger charge is -2.34. The van der Waals surface area contributed by atoms with Crippen LogP contribution in [0.15, 0.2) is 30.8 Å². The highest BCUT2D eigenvalue weighted by Gasteiger charge is 2.30. The SMILES string of the molecule is C=C(N[SH](=O)=O)c1cc(C(C)(C)C)cc(NC(=O)Nc2ccc(OCCN3CCN(CC4CC4)C(=O)C3)c3c2CCC3)c1OC. The molecule has 1 saturated carbocycles. The molecular formula is C33H45N5O6S. The van der Waals surface area contributed by atoms with Crippen molar-refractivity contribution in [1.29, 1.82) is 0 Å². The van der Waals surface area contributed by atoms with Gasteiger partial charge in [-0.05, 0) is 84.4 Å². The number of methoxy groups -OCH3 is 1. The number of hydrogen-bond acceptors (Lipinski definition) is 7. The van der Waals surface area contributed by atoms with E-state index in [1.165, 1.54) is 20.0 Å². The van der Waals surface area contributed by atoms with Gasteiger partial charge in [-0.1, -0.05) is 27.4 Å². The largest absolute Gasteiger partial charge is 0.494 e. The number of amides is 3. The zero-order valence-electron chi connectivity index (χ0n) is 26.7. The monoisotopic (exact) mass is 639 g/mol. The van der Waals surface area contributed by atoms with Gasteiger partial charge in [0, 0.05) is 37.4 Å². The van der Waals surface area contributed by atoms with Gasteiger partial charge in [0.15, 0.2) is 5.75 Å². The number of fused-ring (bicyclic) bond motifs is 1. The van der Waals surface area contributed by atoms with Crippen LogP contribution < -0.4 is 24.8 Å². The standard InChI is InChI=1S/C33H45N5O6S/c1-21(36-45(41)42)26-17-23(33(2,3)4)18-28(31(26)43-5)35-32(40)34-27-11-12-29(25-8-6-7-24(25)27)44-16-15-37-13-14-38(30(39)20-37)19-22-9-10-22/h11-12,17-18,22,45H,1,6-10,13-16,19-20H2,2-5H3,(H2,34,35,40)(H,36,41,42). The highest BCUT2D eigenvalue weighted by atomic mass is 32.2. The summed E-state index contributed by atoms with van der Waals surface area (Å²) in [5.41, 5.74) is 4.41. The molecule has 12 heteroatoms. The first-order valence-electron chi connectivity index (χ1n) is 15.6. The summed E-state index contributed by atoms with van der Waals surface area (Å²) in [6.45, 7) is 14.1. The second kappa shape index (κ2) is 13.7. The van der Waals surface area contributed by atoms with Crippen molar-refractivity contribution in [3.05, 3.63) is 53.1 Å². The van der Waals surface area contributed by atoms with E-state index < -0.39 is 16.9 Å². The normalized spacial score (nSPS) is 16.8. The van der Waals surface area contributed by atoms with Gasteiger partial charge in [0.1, 0.15) is 12.4 Å². The third kappa shape index (κ3) is 8.09. The molecule has 45 heavy (non-hydrogen) atoms. The summed E-state index contributed by atoms with van der Waals surface area (Å²) in [6.07, 6.45) is 5.14. The van der Waals surface area contributed by atoms with Crippen LogP contribution in [0.5, 0.6) is 11.5 Å². The smallest absolute Gasteiger partial charge is 0.323 e. The number of carbonyl (C=O) groups is 2. The highest BCUT2D eigenvalue weighted by Crippen LogP contribution is 2.39. The summed E-state index contributed by atoms with van der Waals surface area (Å²) in [6, 6.07) is 6.96. The zero-order chi connectivity index (χ0) is 32.3. The quantitative estimate of drug-likeness (QED) is 0.257. The first kappa shape index (κ1) is 32.6. The lowest BCUT2D eigenvalue weighted by molar-refractivity contribution is -0.136. The zero-order valence-corrected chi connectivity index (χ0v) is 27.6. The van der Waals surface area contributed by atoms with E-state index in [0.717, 1.165) is 61.3 Å². The second-order valence-corrected chi connectivity index (χ2v) is 13.8. The van der Waals surface area contributed by atoms with Crippen molar-refractivity contribution in [3.63, 3.8) is 0 Å². The Bertz CT molecular complexity index is 1540. The van der Waals surface area contributed by atoms with Crippen molar-refractivity contribution in [2.75, 3.05) is 57.1 Å². The van der Waals surface area contributed by atoms with Gasteiger partial charge in [-0.3, -0.25) is 14.4 Å². The van der Waals surface area contributed by atoms with Crippen molar-refractivity contribution in [3.8, 4) is 11.5 Å². The van der Waals surface area contributed by atoms with Gasteiger partial charge >= 0.3 is 6.03 Å². The maximum absolute atomic E-state index is 13.3. The molecule has 0 aromatic heterocycles. The van der Waals surface area contributed by atoms with Crippen molar-refractivity contribution in [1.82, 2.24) is 14.5 Å². The molecule has 0 radical (unpaired) electrons. The van der Waals surface area contributed by atoms with Crippen LogP contribution in [0.1, 0.15) is 62.3 Å². The van der Waals surface area contributed by atoms with E-state index in [9.17, 15) is 18.0 Å². The van der Waals surface area contributed by atoms with E-state index in [4.69, 9.17) is 9.47 Å². The number of anilines is 2. The van der Waals surface area contributed by atoms with Crippen molar-refractivity contribution < 1.29 is 27.5 Å².